The molecule has 0 heterocycles. The van der Waals surface area contributed by atoms with Crippen LogP contribution in [0.15, 0.2) is 12.2 Å². The normalized spacial score (nSPS) is 28.9. The number of carbonyl (C=O) groups excluding carboxylic acids is 2. The van der Waals surface area contributed by atoms with Crippen molar-refractivity contribution >= 4 is 11.9 Å². The zero-order chi connectivity index (χ0) is 15.4. The van der Waals surface area contributed by atoms with Crippen molar-refractivity contribution in [3.8, 4) is 0 Å². The van der Waals surface area contributed by atoms with Gasteiger partial charge in [-0.05, 0) is 31.8 Å². The van der Waals surface area contributed by atoms with Gasteiger partial charge in [0.2, 0.25) is 0 Å². The first-order valence-electron chi connectivity index (χ1n) is 7.15. The molecule has 0 saturated heterocycles. The Morgan fingerprint density at radius 3 is 2.50 bits per heavy atom. The second-order valence-electron chi connectivity index (χ2n) is 6.77. The second-order valence-corrected chi connectivity index (χ2v) is 6.77. The topological polar surface area (TPSA) is 52.6 Å². The SMILES string of the molecule is COC(=O)OC1/C=C/CC(C)(C(=O)C(C)(C)C)CCC1. The fourth-order valence-electron chi connectivity index (χ4n) is 2.75. The first kappa shape index (κ1) is 16.7. The van der Waals surface area contributed by atoms with Crippen LogP contribution in [0.5, 0.6) is 0 Å². The summed E-state index contributed by atoms with van der Waals surface area (Å²) in [5.74, 6) is 0.294. The van der Waals surface area contributed by atoms with Gasteiger partial charge in [0.1, 0.15) is 11.9 Å². The highest BCUT2D eigenvalue weighted by molar-refractivity contribution is 5.89. The monoisotopic (exact) mass is 282 g/mol. The van der Waals surface area contributed by atoms with E-state index in [1.807, 2.05) is 39.8 Å². The van der Waals surface area contributed by atoms with Gasteiger partial charge in [-0.3, -0.25) is 4.79 Å². The van der Waals surface area contributed by atoms with E-state index in [1.165, 1.54) is 7.11 Å². The summed E-state index contributed by atoms with van der Waals surface area (Å²) in [5, 5.41) is 0. The maximum Gasteiger partial charge on any atom is 0.508 e. The number of ketones is 1. The van der Waals surface area contributed by atoms with Gasteiger partial charge < -0.3 is 9.47 Å². The molecule has 1 aliphatic carbocycles. The molecule has 0 aliphatic heterocycles. The summed E-state index contributed by atoms with van der Waals surface area (Å²) in [6.07, 6.45) is 5.98. The van der Waals surface area contributed by atoms with Gasteiger partial charge in [0, 0.05) is 10.8 Å². The molecular weight excluding hydrogens is 256 g/mol. The lowest BCUT2D eigenvalue weighted by molar-refractivity contribution is -0.136. The smallest absolute Gasteiger partial charge is 0.438 e. The number of Topliss-reactive ketones (excluding diaryl/α,β-unsaturated/α-hetero) is 1. The van der Waals surface area contributed by atoms with Crippen molar-refractivity contribution in [2.24, 2.45) is 10.8 Å². The maximum atomic E-state index is 12.6. The highest BCUT2D eigenvalue weighted by Gasteiger charge is 2.39. The minimum absolute atomic E-state index is 0.253. The summed E-state index contributed by atoms with van der Waals surface area (Å²) in [6, 6.07) is 0. The van der Waals surface area contributed by atoms with Crippen molar-refractivity contribution in [1.82, 2.24) is 0 Å². The minimum Gasteiger partial charge on any atom is -0.438 e. The van der Waals surface area contributed by atoms with E-state index in [0.29, 0.717) is 12.2 Å². The van der Waals surface area contributed by atoms with Crippen LogP contribution >= 0.6 is 0 Å². The highest BCUT2D eigenvalue weighted by atomic mass is 16.7. The molecule has 0 bridgehead atoms. The molecule has 20 heavy (non-hydrogen) atoms. The number of hydrogen-bond acceptors (Lipinski definition) is 4. The van der Waals surface area contributed by atoms with Crippen molar-refractivity contribution in [2.45, 2.75) is 59.5 Å². The summed E-state index contributed by atoms with van der Waals surface area (Å²) in [6.45, 7) is 7.93. The van der Waals surface area contributed by atoms with Crippen molar-refractivity contribution < 1.29 is 19.1 Å². The highest BCUT2D eigenvalue weighted by Crippen LogP contribution is 2.38. The fraction of sp³-hybridized carbons (Fsp3) is 0.750. The zero-order valence-corrected chi connectivity index (χ0v) is 13.2. The summed E-state index contributed by atoms with van der Waals surface area (Å²) >= 11 is 0. The van der Waals surface area contributed by atoms with Gasteiger partial charge in [-0.2, -0.15) is 0 Å². The molecule has 114 valence electrons. The van der Waals surface area contributed by atoms with Gasteiger partial charge in [0.25, 0.3) is 0 Å². The lowest BCUT2D eigenvalue weighted by Gasteiger charge is -2.34. The molecule has 0 aromatic carbocycles. The lowest BCUT2D eigenvalue weighted by Crippen LogP contribution is -2.37. The van der Waals surface area contributed by atoms with Crippen LogP contribution in [0.25, 0.3) is 0 Å². The van der Waals surface area contributed by atoms with Gasteiger partial charge in [-0.25, -0.2) is 4.79 Å². The fourth-order valence-corrected chi connectivity index (χ4v) is 2.75. The molecule has 4 nitrogen and oxygen atoms in total. The number of methoxy groups -OCH3 is 1. The summed E-state index contributed by atoms with van der Waals surface area (Å²) in [4.78, 5) is 23.7. The van der Waals surface area contributed by atoms with Gasteiger partial charge in [0.15, 0.2) is 0 Å². The molecule has 0 N–H and O–H groups in total. The number of carbonyl (C=O) groups is 2. The Balaban J connectivity index is 2.74. The molecular formula is C16H26O4. The van der Waals surface area contributed by atoms with E-state index in [-0.39, 0.29) is 16.9 Å². The summed E-state index contributed by atoms with van der Waals surface area (Å²) in [7, 11) is 1.30. The van der Waals surface area contributed by atoms with Crippen LogP contribution < -0.4 is 0 Å². The predicted octanol–water partition coefficient (Wildman–Crippen LogP) is 3.89. The molecule has 0 amide bonds. The predicted molar refractivity (Wildman–Crippen MR) is 77.5 cm³/mol. The van der Waals surface area contributed by atoms with E-state index in [9.17, 15) is 9.59 Å². The van der Waals surface area contributed by atoms with Crippen molar-refractivity contribution in [3.05, 3.63) is 12.2 Å². The Morgan fingerprint density at radius 1 is 1.30 bits per heavy atom. The lowest BCUT2D eigenvalue weighted by atomic mass is 9.68. The molecule has 2 unspecified atom stereocenters. The van der Waals surface area contributed by atoms with Crippen LogP contribution in [0, 0.1) is 10.8 Å². The zero-order valence-electron chi connectivity index (χ0n) is 13.2. The Bertz CT molecular complexity index is 392. The van der Waals surface area contributed by atoms with Crippen LogP contribution in [-0.4, -0.2) is 25.2 Å². The van der Waals surface area contributed by atoms with E-state index in [2.05, 4.69) is 4.74 Å². The Hall–Kier alpha value is -1.32. The Labute approximate surface area is 121 Å². The second kappa shape index (κ2) is 6.42. The van der Waals surface area contributed by atoms with E-state index in [4.69, 9.17) is 4.74 Å². The quantitative estimate of drug-likeness (QED) is 0.569. The van der Waals surface area contributed by atoms with Gasteiger partial charge >= 0.3 is 6.16 Å². The third-order valence-corrected chi connectivity index (χ3v) is 3.78. The number of ether oxygens (including phenoxy) is 2. The van der Waals surface area contributed by atoms with Gasteiger partial charge in [-0.15, -0.1) is 0 Å². The molecule has 1 rings (SSSR count). The minimum atomic E-state index is -0.659. The van der Waals surface area contributed by atoms with Crippen molar-refractivity contribution in [3.63, 3.8) is 0 Å². The van der Waals surface area contributed by atoms with E-state index < -0.39 is 6.16 Å². The van der Waals surface area contributed by atoms with E-state index in [0.717, 1.165) is 19.3 Å². The Morgan fingerprint density at radius 2 is 1.95 bits per heavy atom. The average molecular weight is 282 g/mol. The molecule has 0 spiro atoms. The van der Waals surface area contributed by atoms with E-state index in [1.54, 1.807) is 0 Å². The first-order chi connectivity index (χ1) is 9.19. The maximum absolute atomic E-state index is 12.6. The number of allylic oxidation sites excluding steroid dienone is 1. The summed E-state index contributed by atoms with van der Waals surface area (Å²) in [5.41, 5.74) is -0.658. The van der Waals surface area contributed by atoms with Gasteiger partial charge in [0.05, 0.1) is 7.11 Å². The molecule has 0 fully saturated rings. The third-order valence-electron chi connectivity index (χ3n) is 3.78. The standard InChI is InChI=1S/C16H26O4/c1-15(2,3)13(17)16(4)10-6-8-12(9-7-11-16)20-14(18)19-5/h6,8,12H,7,9-11H2,1-5H3/b8-6+. The van der Waals surface area contributed by atoms with Gasteiger partial charge in [-0.1, -0.05) is 33.8 Å². The van der Waals surface area contributed by atoms with Crippen LogP contribution in [-0.2, 0) is 14.3 Å². The number of rotatable bonds is 2. The third kappa shape index (κ3) is 4.36. The van der Waals surface area contributed by atoms with Crippen LogP contribution in [0.3, 0.4) is 0 Å². The van der Waals surface area contributed by atoms with Crippen LogP contribution in [0.1, 0.15) is 53.4 Å². The molecule has 4 heteroatoms. The molecule has 0 radical (unpaired) electrons. The molecule has 0 aromatic rings. The first-order valence-corrected chi connectivity index (χ1v) is 7.15. The van der Waals surface area contributed by atoms with E-state index >= 15 is 0 Å². The molecule has 2 atom stereocenters. The van der Waals surface area contributed by atoms with Crippen molar-refractivity contribution in [2.75, 3.05) is 7.11 Å². The van der Waals surface area contributed by atoms with Crippen LogP contribution in [0.4, 0.5) is 4.79 Å². The summed E-state index contributed by atoms with van der Waals surface area (Å²) < 4.78 is 9.64. The van der Waals surface area contributed by atoms with Crippen molar-refractivity contribution in [1.29, 1.82) is 0 Å². The van der Waals surface area contributed by atoms with Crippen LogP contribution in [0.2, 0.25) is 0 Å². The average Bonchev–Trinajstić information content (AvgIpc) is 2.33. The molecule has 0 aromatic heterocycles. The molecule has 1 aliphatic rings. The number of hydrogen-bond donors (Lipinski definition) is 0. The molecule has 0 saturated carbocycles. The largest absolute Gasteiger partial charge is 0.508 e. The Kier molecular flexibility index (Phi) is 5.37.